The van der Waals surface area contributed by atoms with Crippen LogP contribution < -0.4 is 10.2 Å². The molecule has 0 fully saturated rings. The smallest absolute Gasteiger partial charge is 0.271 e. The van der Waals surface area contributed by atoms with Gasteiger partial charge in [0.2, 0.25) is 0 Å². The molecule has 0 saturated heterocycles. The van der Waals surface area contributed by atoms with Gasteiger partial charge in [0.05, 0.1) is 12.8 Å². The Kier molecular flexibility index (Phi) is 5.39. The molecule has 2 aromatic rings. The Hall–Kier alpha value is -2.62. The van der Waals surface area contributed by atoms with E-state index in [1.165, 1.54) is 5.56 Å². The zero-order valence-corrected chi connectivity index (χ0v) is 14.9. The number of hydrogen-bond acceptors (Lipinski definition) is 3. The van der Waals surface area contributed by atoms with Crippen molar-refractivity contribution in [2.75, 3.05) is 7.11 Å². The van der Waals surface area contributed by atoms with Crippen LogP contribution >= 0.6 is 0 Å². The lowest BCUT2D eigenvalue weighted by molar-refractivity contribution is 0.0955. The molecule has 1 amide bonds. The van der Waals surface area contributed by atoms with E-state index in [2.05, 4.69) is 31.3 Å². The van der Waals surface area contributed by atoms with Gasteiger partial charge in [0.1, 0.15) is 5.75 Å². The van der Waals surface area contributed by atoms with Crippen molar-refractivity contribution >= 4 is 11.6 Å². The summed E-state index contributed by atoms with van der Waals surface area (Å²) >= 11 is 0. The van der Waals surface area contributed by atoms with E-state index < -0.39 is 0 Å². The Balaban J connectivity index is 2.05. The van der Waals surface area contributed by atoms with E-state index in [0.717, 1.165) is 17.0 Å². The predicted octanol–water partition coefficient (Wildman–Crippen LogP) is 4.15. The number of carbonyl (C=O) groups excluding carboxylic acids is 1. The van der Waals surface area contributed by atoms with Gasteiger partial charge in [-0.25, -0.2) is 5.43 Å². The van der Waals surface area contributed by atoms with Gasteiger partial charge in [0, 0.05) is 5.56 Å². The van der Waals surface area contributed by atoms with Crippen molar-refractivity contribution in [2.24, 2.45) is 5.10 Å². The van der Waals surface area contributed by atoms with Gasteiger partial charge >= 0.3 is 0 Å². The third-order valence-corrected chi connectivity index (χ3v) is 3.85. The van der Waals surface area contributed by atoms with Crippen LogP contribution in [0.5, 0.6) is 5.75 Å². The molecule has 2 rings (SSSR count). The molecule has 0 atom stereocenters. The largest absolute Gasteiger partial charge is 0.497 e. The molecule has 0 aromatic heterocycles. The van der Waals surface area contributed by atoms with Crippen LogP contribution in [0.15, 0.2) is 53.6 Å². The number of amides is 1. The fourth-order valence-corrected chi connectivity index (χ4v) is 2.22. The third kappa shape index (κ3) is 4.44. The Bertz CT molecular complexity index is 724. The highest BCUT2D eigenvalue weighted by Crippen LogP contribution is 2.22. The molecule has 0 saturated carbocycles. The van der Waals surface area contributed by atoms with Crippen LogP contribution in [0.2, 0.25) is 0 Å². The Labute approximate surface area is 143 Å². The Morgan fingerprint density at radius 3 is 2.00 bits per heavy atom. The molecule has 0 aliphatic heterocycles. The number of benzene rings is 2. The zero-order valence-electron chi connectivity index (χ0n) is 14.9. The van der Waals surface area contributed by atoms with Crippen LogP contribution in [0.1, 0.15) is 49.2 Å². The van der Waals surface area contributed by atoms with E-state index in [-0.39, 0.29) is 11.3 Å². The standard InChI is InChI=1S/C20H24N2O2/c1-14(15-8-12-18(24-5)13-9-15)21-22-19(23)16-6-10-17(11-7-16)20(2,3)4/h6-13H,1-5H3,(H,22,23)/b21-14+. The van der Waals surface area contributed by atoms with E-state index in [1.807, 2.05) is 55.5 Å². The summed E-state index contributed by atoms with van der Waals surface area (Å²) in [6.45, 7) is 8.28. The first kappa shape index (κ1) is 17.7. The molecular formula is C20H24N2O2. The molecule has 4 heteroatoms. The van der Waals surface area contributed by atoms with E-state index >= 15 is 0 Å². The van der Waals surface area contributed by atoms with Gasteiger partial charge < -0.3 is 4.74 Å². The topological polar surface area (TPSA) is 50.7 Å². The van der Waals surface area contributed by atoms with Crippen molar-refractivity contribution in [3.8, 4) is 5.75 Å². The third-order valence-electron chi connectivity index (χ3n) is 3.85. The maximum Gasteiger partial charge on any atom is 0.271 e. The number of nitrogens with zero attached hydrogens (tertiary/aromatic N) is 1. The van der Waals surface area contributed by atoms with Crippen molar-refractivity contribution in [1.82, 2.24) is 5.43 Å². The molecule has 0 heterocycles. The molecule has 24 heavy (non-hydrogen) atoms. The fourth-order valence-electron chi connectivity index (χ4n) is 2.22. The second kappa shape index (κ2) is 7.30. The van der Waals surface area contributed by atoms with Crippen molar-refractivity contribution in [1.29, 1.82) is 0 Å². The highest BCUT2D eigenvalue weighted by Gasteiger charge is 2.14. The number of methoxy groups -OCH3 is 1. The number of hydrogen-bond donors (Lipinski definition) is 1. The summed E-state index contributed by atoms with van der Waals surface area (Å²) in [6.07, 6.45) is 0. The summed E-state index contributed by atoms with van der Waals surface area (Å²) < 4.78 is 5.13. The van der Waals surface area contributed by atoms with Crippen molar-refractivity contribution in [2.45, 2.75) is 33.1 Å². The maximum absolute atomic E-state index is 12.2. The summed E-state index contributed by atoms with van der Waals surface area (Å²) in [7, 11) is 1.63. The number of rotatable bonds is 4. The monoisotopic (exact) mass is 324 g/mol. The summed E-state index contributed by atoms with van der Waals surface area (Å²) in [5.41, 5.74) is 6.12. The first-order chi connectivity index (χ1) is 11.3. The number of carbonyl (C=O) groups is 1. The second-order valence-electron chi connectivity index (χ2n) is 6.69. The predicted molar refractivity (Wildman–Crippen MR) is 97.8 cm³/mol. The summed E-state index contributed by atoms with van der Waals surface area (Å²) in [5, 5.41) is 4.17. The lowest BCUT2D eigenvalue weighted by atomic mass is 9.87. The second-order valence-corrected chi connectivity index (χ2v) is 6.69. The molecule has 1 N–H and O–H groups in total. The van der Waals surface area contributed by atoms with Crippen molar-refractivity contribution in [3.05, 3.63) is 65.2 Å². The quantitative estimate of drug-likeness (QED) is 0.678. The van der Waals surface area contributed by atoms with Crippen LogP contribution in [-0.4, -0.2) is 18.7 Å². The highest BCUT2D eigenvalue weighted by atomic mass is 16.5. The molecule has 126 valence electrons. The number of hydrazone groups is 1. The fraction of sp³-hybridized carbons (Fsp3) is 0.300. The van der Waals surface area contributed by atoms with Gasteiger partial charge in [-0.2, -0.15) is 5.10 Å². The van der Waals surface area contributed by atoms with E-state index in [0.29, 0.717) is 5.56 Å². The lowest BCUT2D eigenvalue weighted by Gasteiger charge is -2.18. The minimum atomic E-state index is -0.219. The van der Waals surface area contributed by atoms with Gasteiger partial charge in [0.15, 0.2) is 0 Å². The number of ether oxygens (including phenoxy) is 1. The number of nitrogens with one attached hydrogen (secondary N) is 1. The minimum absolute atomic E-state index is 0.0676. The molecular weight excluding hydrogens is 300 g/mol. The molecule has 4 nitrogen and oxygen atoms in total. The van der Waals surface area contributed by atoms with E-state index in [4.69, 9.17) is 4.74 Å². The molecule has 0 spiro atoms. The van der Waals surface area contributed by atoms with Crippen LogP contribution in [0, 0.1) is 0 Å². The zero-order chi connectivity index (χ0) is 17.7. The van der Waals surface area contributed by atoms with Gasteiger partial charge in [-0.3, -0.25) is 4.79 Å². The van der Waals surface area contributed by atoms with E-state index in [1.54, 1.807) is 7.11 Å². The summed E-state index contributed by atoms with van der Waals surface area (Å²) in [5.74, 6) is 0.567. The Morgan fingerprint density at radius 2 is 1.50 bits per heavy atom. The molecule has 0 aliphatic carbocycles. The SMILES string of the molecule is COc1ccc(/C(C)=N/NC(=O)c2ccc(C(C)(C)C)cc2)cc1. The average Bonchev–Trinajstić information content (AvgIpc) is 2.58. The summed E-state index contributed by atoms with van der Waals surface area (Å²) in [6, 6.07) is 15.2. The van der Waals surface area contributed by atoms with Crippen molar-refractivity contribution in [3.63, 3.8) is 0 Å². The first-order valence-electron chi connectivity index (χ1n) is 7.91. The minimum Gasteiger partial charge on any atom is -0.497 e. The summed E-state index contributed by atoms with van der Waals surface area (Å²) in [4.78, 5) is 12.2. The van der Waals surface area contributed by atoms with Crippen molar-refractivity contribution < 1.29 is 9.53 Å². The Morgan fingerprint density at radius 1 is 0.958 bits per heavy atom. The first-order valence-corrected chi connectivity index (χ1v) is 7.91. The lowest BCUT2D eigenvalue weighted by Crippen LogP contribution is -2.20. The molecule has 0 unspecified atom stereocenters. The maximum atomic E-state index is 12.2. The average molecular weight is 324 g/mol. The van der Waals surface area contributed by atoms with Crippen LogP contribution in [0.4, 0.5) is 0 Å². The molecule has 0 aliphatic rings. The molecule has 0 bridgehead atoms. The van der Waals surface area contributed by atoms with Crippen LogP contribution in [0.3, 0.4) is 0 Å². The highest BCUT2D eigenvalue weighted by molar-refractivity contribution is 6.00. The molecule has 0 radical (unpaired) electrons. The van der Waals surface area contributed by atoms with Crippen LogP contribution in [0.25, 0.3) is 0 Å². The van der Waals surface area contributed by atoms with E-state index in [9.17, 15) is 4.79 Å². The van der Waals surface area contributed by atoms with Gasteiger partial charge in [-0.15, -0.1) is 0 Å². The molecule has 2 aromatic carbocycles. The van der Waals surface area contributed by atoms with Gasteiger partial charge in [0.25, 0.3) is 5.91 Å². The van der Waals surface area contributed by atoms with Gasteiger partial charge in [-0.05, 0) is 59.9 Å². The van der Waals surface area contributed by atoms with Crippen LogP contribution in [-0.2, 0) is 5.41 Å². The van der Waals surface area contributed by atoms with Gasteiger partial charge in [-0.1, -0.05) is 32.9 Å². The normalized spacial score (nSPS) is 12.0.